The topological polar surface area (TPSA) is 75.7 Å². The van der Waals surface area contributed by atoms with Gasteiger partial charge in [0, 0.05) is 12.2 Å². The first-order valence-corrected chi connectivity index (χ1v) is 11.5. The maximum Gasteiger partial charge on any atom is 0.265 e. The van der Waals surface area contributed by atoms with Crippen molar-refractivity contribution >= 4 is 27.3 Å². The number of anilines is 2. The number of nitrogens with zero attached hydrogens (tertiary/aromatic N) is 1. The predicted molar refractivity (Wildman–Crippen MR) is 116 cm³/mol. The lowest BCUT2D eigenvalue weighted by Crippen LogP contribution is -2.30. The molecule has 1 amide bonds. The Labute approximate surface area is 172 Å². The van der Waals surface area contributed by atoms with Gasteiger partial charge in [0.2, 0.25) is 10.0 Å². The first-order chi connectivity index (χ1) is 13.7. The fraction of sp³-hybridized carbons (Fsp3) is 0.409. The Kier molecular flexibility index (Phi) is 6.17. The number of aryl methyl sites for hydroxylation is 1. The molecule has 1 aliphatic heterocycles. The molecule has 1 saturated heterocycles. The number of rotatable bonds is 6. The van der Waals surface area contributed by atoms with Crippen LogP contribution < -0.4 is 14.4 Å². The van der Waals surface area contributed by atoms with E-state index in [4.69, 9.17) is 4.74 Å². The molecule has 1 unspecified atom stereocenters. The summed E-state index contributed by atoms with van der Waals surface area (Å²) in [6.07, 6.45) is -0.0363. The Morgan fingerprint density at radius 1 is 1.10 bits per heavy atom. The average molecular weight is 417 g/mol. The molecule has 2 aromatic carbocycles. The maximum atomic E-state index is 12.5. The Bertz CT molecular complexity index is 984. The van der Waals surface area contributed by atoms with Gasteiger partial charge in [-0.1, -0.05) is 19.9 Å². The monoisotopic (exact) mass is 416 g/mol. The summed E-state index contributed by atoms with van der Waals surface area (Å²) in [6.45, 7) is 8.52. The molecule has 156 valence electrons. The highest BCUT2D eigenvalue weighted by molar-refractivity contribution is 7.93. The van der Waals surface area contributed by atoms with Crippen LogP contribution in [-0.2, 0) is 14.8 Å². The highest BCUT2D eigenvalue weighted by Gasteiger charge is 2.28. The van der Waals surface area contributed by atoms with Crippen molar-refractivity contribution in [3.8, 4) is 5.75 Å². The first-order valence-electron chi connectivity index (χ1n) is 9.86. The van der Waals surface area contributed by atoms with Gasteiger partial charge in [0.05, 0.1) is 11.4 Å². The Hall–Kier alpha value is -2.54. The zero-order chi connectivity index (χ0) is 21.2. The van der Waals surface area contributed by atoms with Crippen LogP contribution in [0.1, 0.15) is 44.2 Å². The van der Waals surface area contributed by atoms with Gasteiger partial charge in [-0.15, -0.1) is 0 Å². The molecule has 1 N–H and O–H groups in total. The maximum absolute atomic E-state index is 12.5. The van der Waals surface area contributed by atoms with E-state index < -0.39 is 16.1 Å². The van der Waals surface area contributed by atoms with Gasteiger partial charge >= 0.3 is 0 Å². The summed E-state index contributed by atoms with van der Waals surface area (Å²) in [5, 5.41) is 2.81. The number of hydrogen-bond donors (Lipinski definition) is 1. The summed E-state index contributed by atoms with van der Waals surface area (Å²) in [6, 6.07) is 12.7. The molecule has 0 bridgehead atoms. The van der Waals surface area contributed by atoms with Gasteiger partial charge in [-0.2, -0.15) is 0 Å². The molecule has 7 heteroatoms. The van der Waals surface area contributed by atoms with Gasteiger partial charge in [-0.25, -0.2) is 8.42 Å². The Morgan fingerprint density at radius 2 is 1.79 bits per heavy atom. The number of benzene rings is 2. The number of nitrogens with one attached hydrogen (secondary N) is 1. The summed E-state index contributed by atoms with van der Waals surface area (Å²) >= 11 is 0. The summed E-state index contributed by atoms with van der Waals surface area (Å²) < 4.78 is 31.2. The largest absolute Gasteiger partial charge is 0.481 e. The Balaban J connectivity index is 1.62. The number of ether oxygens (including phenoxy) is 1. The molecular formula is C22H28N2O4S. The van der Waals surface area contributed by atoms with Crippen molar-refractivity contribution in [1.29, 1.82) is 0 Å². The third-order valence-electron chi connectivity index (χ3n) is 5.07. The van der Waals surface area contributed by atoms with Crippen LogP contribution >= 0.6 is 0 Å². The van der Waals surface area contributed by atoms with E-state index in [1.807, 2.05) is 25.1 Å². The van der Waals surface area contributed by atoms with Crippen LogP contribution in [0, 0.1) is 6.92 Å². The minimum absolute atomic E-state index is 0.179. The molecule has 0 spiro atoms. The van der Waals surface area contributed by atoms with E-state index in [0.717, 1.165) is 5.56 Å². The second-order valence-electron chi connectivity index (χ2n) is 7.71. The van der Waals surface area contributed by atoms with Crippen molar-refractivity contribution in [1.82, 2.24) is 0 Å². The smallest absolute Gasteiger partial charge is 0.265 e. The molecule has 1 heterocycles. The lowest BCUT2D eigenvalue weighted by atomic mass is 9.98. The third-order valence-corrected chi connectivity index (χ3v) is 6.94. The van der Waals surface area contributed by atoms with Crippen molar-refractivity contribution in [3.05, 3.63) is 53.6 Å². The number of carbonyl (C=O) groups excluding carboxylic acids is 1. The van der Waals surface area contributed by atoms with Gasteiger partial charge < -0.3 is 10.1 Å². The van der Waals surface area contributed by atoms with Gasteiger partial charge in [0.15, 0.2) is 6.10 Å². The molecule has 2 aromatic rings. The van der Waals surface area contributed by atoms with E-state index in [0.29, 0.717) is 36.0 Å². The molecule has 0 radical (unpaired) electrons. The van der Waals surface area contributed by atoms with Crippen LogP contribution in [0.15, 0.2) is 42.5 Å². The number of hydrogen-bond acceptors (Lipinski definition) is 4. The van der Waals surface area contributed by atoms with Crippen LogP contribution in [0.2, 0.25) is 0 Å². The van der Waals surface area contributed by atoms with E-state index in [2.05, 4.69) is 19.2 Å². The summed E-state index contributed by atoms with van der Waals surface area (Å²) in [5.41, 5.74) is 3.61. The standard InChI is InChI=1S/C22H28N2O4S/c1-15(2)21-11-10-20(14-16(21)3)28-17(4)22(25)23-18-6-8-19(9-7-18)24-12-5-13-29(24,26)27/h6-11,14-15,17H,5,12-13H2,1-4H3,(H,23,25). The quantitative estimate of drug-likeness (QED) is 0.770. The molecule has 1 atom stereocenters. The zero-order valence-corrected chi connectivity index (χ0v) is 18.1. The van der Waals surface area contributed by atoms with Crippen LogP contribution in [0.4, 0.5) is 11.4 Å². The zero-order valence-electron chi connectivity index (χ0n) is 17.3. The van der Waals surface area contributed by atoms with E-state index in [1.54, 1.807) is 31.2 Å². The van der Waals surface area contributed by atoms with E-state index in [-0.39, 0.29) is 11.7 Å². The average Bonchev–Trinajstić information content (AvgIpc) is 3.01. The van der Waals surface area contributed by atoms with E-state index in [1.165, 1.54) is 9.87 Å². The van der Waals surface area contributed by atoms with Crippen LogP contribution in [0.3, 0.4) is 0 Å². The summed E-state index contributed by atoms with van der Waals surface area (Å²) in [7, 11) is -3.21. The first kappa shape index (κ1) is 21.2. The van der Waals surface area contributed by atoms with Crippen LogP contribution in [-0.4, -0.2) is 32.7 Å². The van der Waals surface area contributed by atoms with Crippen LogP contribution in [0.5, 0.6) is 5.75 Å². The fourth-order valence-electron chi connectivity index (χ4n) is 3.51. The molecule has 0 saturated carbocycles. The molecule has 0 aromatic heterocycles. The molecular weight excluding hydrogens is 388 g/mol. The van der Waals surface area contributed by atoms with Gasteiger partial charge in [-0.3, -0.25) is 9.10 Å². The second kappa shape index (κ2) is 8.45. The minimum atomic E-state index is -3.21. The summed E-state index contributed by atoms with van der Waals surface area (Å²) in [4.78, 5) is 12.5. The highest BCUT2D eigenvalue weighted by Crippen LogP contribution is 2.26. The molecule has 3 rings (SSSR count). The molecule has 0 aliphatic carbocycles. The Morgan fingerprint density at radius 3 is 2.34 bits per heavy atom. The van der Waals surface area contributed by atoms with E-state index >= 15 is 0 Å². The number of amides is 1. The second-order valence-corrected chi connectivity index (χ2v) is 9.72. The van der Waals surface area contributed by atoms with Crippen molar-refractivity contribution in [2.45, 2.75) is 46.1 Å². The SMILES string of the molecule is Cc1cc(OC(C)C(=O)Nc2ccc(N3CCCS3(=O)=O)cc2)ccc1C(C)C. The lowest BCUT2D eigenvalue weighted by molar-refractivity contribution is -0.122. The van der Waals surface area contributed by atoms with E-state index in [9.17, 15) is 13.2 Å². The molecule has 29 heavy (non-hydrogen) atoms. The third kappa shape index (κ3) is 4.90. The normalized spacial score (nSPS) is 16.7. The highest BCUT2D eigenvalue weighted by atomic mass is 32.2. The minimum Gasteiger partial charge on any atom is -0.481 e. The predicted octanol–water partition coefficient (Wildman–Crippen LogP) is 4.06. The fourth-order valence-corrected chi connectivity index (χ4v) is 5.08. The molecule has 1 fully saturated rings. The van der Waals surface area contributed by atoms with Gasteiger partial charge in [0.1, 0.15) is 5.75 Å². The lowest BCUT2D eigenvalue weighted by Gasteiger charge is -2.18. The number of carbonyl (C=O) groups is 1. The van der Waals surface area contributed by atoms with Crippen molar-refractivity contribution < 1.29 is 17.9 Å². The van der Waals surface area contributed by atoms with Crippen LogP contribution in [0.25, 0.3) is 0 Å². The molecule has 1 aliphatic rings. The number of sulfonamides is 1. The molecule has 6 nitrogen and oxygen atoms in total. The van der Waals surface area contributed by atoms with Gasteiger partial charge in [0.25, 0.3) is 5.91 Å². The van der Waals surface area contributed by atoms with Gasteiger partial charge in [-0.05, 0) is 73.7 Å². The van der Waals surface area contributed by atoms with Crippen molar-refractivity contribution in [3.63, 3.8) is 0 Å². The van der Waals surface area contributed by atoms with Crippen molar-refractivity contribution in [2.24, 2.45) is 0 Å². The van der Waals surface area contributed by atoms with Crippen molar-refractivity contribution in [2.75, 3.05) is 21.9 Å². The summed E-state index contributed by atoms with van der Waals surface area (Å²) in [5.74, 6) is 1.00.